The first-order valence-electron chi connectivity index (χ1n) is 10.4. The number of carbonyl (C=O) groups excluding carboxylic acids is 1. The van der Waals surface area contributed by atoms with E-state index in [-0.39, 0.29) is 33.3 Å². The van der Waals surface area contributed by atoms with Crippen molar-refractivity contribution in [3.05, 3.63) is 93.0 Å². The van der Waals surface area contributed by atoms with Crippen molar-refractivity contribution < 1.29 is 27.1 Å². The van der Waals surface area contributed by atoms with E-state index in [1.165, 1.54) is 55.6 Å². The van der Waals surface area contributed by atoms with E-state index in [4.69, 9.17) is 8.92 Å². The molecule has 0 aliphatic heterocycles. The highest BCUT2D eigenvalue weighted by atomic mass is 32.2. The van der Waals surface area contributed by atoms with E-state index in [1.807, 2.05) is 6.92 Å². The zero-order chi connectivity index (χ0) is 26.5. The summed E-state index contributed by atoms with van der Waals surface area (Å²) in [5, 5.41) is 23.2. The van der Waals surface area contributed by atoms with Crippen LogP contribution in [0.2, 0.25) is 0 Å². The Morgan fingerprint density at radius 3 is 2.42 bits per heavy atom. The average molecular weight is 508 g/mol. The molecule has 0 radical (unpaired) electrons. The molecule has 1 N–H and O–H groups in total. The Balaban J connectivity index is 2.00. The summed E-state index contributed by atoms with van der Waals surface area (Å²) in [7, 11) is -2.95. The van der Waals surface area contributed by atoms with Crippen LogP contribution < -0.4 is 14.2 Å². The molecule has 1 amide bonds. The summed E-state index contributed by atoms with van der Waals surface area (Å²) >= 11 is 0. The first-order chi connectivity index (χ1) is 17.1. The van der Waals surface area contributed by atoms with Crippen molar-refractivity contribution in [3.8, 4) is 17.6 Å². The molecule has 0 atom stereocenters. The standard InChI is InChI=1S/C25H21N3O7S/c1-16-7-11-21(12-8-16)36(32,33)35-24-18(5-4-6-23(24)34-3)13-19(15-26)25(29)27-22-14-20(28(30)31)10-9-17(22)2/h4-14H,1-3H3,(H,27,29)/b19-13+. The summed E-state index contributed by atoms with van der Waals surface area (Å²) < 4.78 is 36.4. The second kappa shape index (κ2) is 10.7. The van der Waals surface area contributed by atoms with Crippen LogP contribution in [-0.2, 0) is 14.9 Å². The smallest absolute Gasteiger partial charge is 0.339 e. The monoisotopic (exact) mass is 507 g/mol. The number of carbonyl (C=O) groups is 1. The molecule has 3 aromatic rings. The Morgan fingerprint density at radius 1 is 1.11 bits per heavy atom. The topological polar surface area (TPSA) is 149 Å². The minimum Gasteiger partial charge on any atom is -0.493 e. The third-order valence-electron chi connectivity index (χ3n) is 5.08. The molecule has 36 heavy (non-hydrogen) atoms. The number of nitro groups is 1. The molecule has 0 spiro atoms. The van der Waals surface area contributed by atoms with Gasteiger partial charge in [-0.1, -0.05) is 35.9 Å². The second-order valence-corrected chi connectivity index (χ2v) is 9.16. The van der Waals surface area contributed by atoms with Crippen molar-refractivity contribution in [2.45, 2.75) is 18.7 Å². The molecule has 3 rings (SSSR count). The number of hydrogen-bond acceptors (Lipinski definition) is 8. The summed E-state index contributed by atoms with van der Waals surface area (Å²) in [6, 6.07) is 16.2. The number of nitriles is 1. The maximum Gasteiger partial charge on any atom is 0.339 e. The zero-order valence-corrected chi connectivity index (χ0v) is 20.3. The summed E-state index contributed by atoms with van der Waals surface area (Å²) in [6.07, 6.45) is 1.14. The molecule has 0 saturated carbocycles. The van der Waals surface area contributed by atoms with Crippen molar-refractivity contribution >= 4 is 33.5 Å². The SMILES string of the molecule is COc1cccc(/C=C(\C#N)C(=O)Nc2cc([N+](=O)[O-])ccc2C)c1OS(=O)(=O)c1ccc(C)cc1. The van der Waals surface area contributed by atoms with Crippen LogP contribution in [0.3, 0.4) is 0 Å². The molecule has 0 fully saturated rings. The Kier molecular flexibility index (Phi) is 7.71. The number of para-hydroxylation sites is 1. The molecule has 0 bridgehead atoms. The van der Waals surface area contributed by atoms with Crippen molar-refractivity contribution in [3.63, 3.8) is 0 Å². The number of aryl methyl sites for hydroxylation is 2. The Hall–Kier alpha value is -4.69. The first-order valence-corrected chi connectivity index (χ1v) is 11.8. The van der Waals surface area contributed by atoms with Crippen LogP contribution in [0.5, 0.6) is 11.5 Å². The van der Waals surface area contributed by atoms with E-state index in [0.29, 0.717) is 5.56 Å². The fourth-order valence-corrected chi connectivity index (χ4v) is 4.07. The third kappa shape index (κ3) is 5.86. The van der Waals surface area contributed by atoms with Crippen molar-refractivity contribution in [1.82, 2.24) is 0 Å². The summed E-state index contributed by atoms with van der Waals surface area (Å²) in [6.45, 7) is 3.45. The predicted octanol–water partition coefficient (Wildman–Crippen LogP) is 4.53. The molecular weight excluding hydrogens is 486 g/mol. The lowest BCUT2D eigenvalue weighted by atomic mass is 10.1. The molecule has 10 nitrogen and oxygen atoms in total. The van der Waals surface area contributed by atoms with Gasteiger partial charge in [0.25, 0.3) is 11.6 Å². The maximum absolute atomic E-state index is 12.9. The van der Waals surface area contributed by atoms with Gasteiger partial charge >= 0.3 is 10.1 Å². The highest BCUT2D eigenvalue weighted by Crippen LogP contribution is 2.35. The van der Waals surface area contributed by atoms with Crippen LogP contribution in [0.1, 0.15) is 16.7 Å². The van der Waals surface area contributed by atoms with Gasteiger partial charge in [-0.05, 0) is 43.7 Å². The van der Waals surface area contributed by atoms with Gasteiger partial charge in [-0.3, -0.25) is 14.9 Å². The number of anilines is 1. The number of methoxy groups -OCH3 is 1. The molecule has 3 aromatic carbocycles. The van der Waals surface area contributed by atoms with E-state index >= 15 is 0 Å². The van der Waals surface area contributed by atoms with Crippen molar-refractivity contribution in [1.29, 1.82) is 5.26 Å². The van der Waals surface area contributed by atoms with Gasteiger partial charge in [-0.25, -0.2) is 0 Å². The quantitative estimate of drug-likeness (QED) is 0.154. The van der Waals surface area contributed by atoms with Crippen LogP contribution in [0.25, 0.3) is 6.08 Å². The molecule has 0 aliphatic carbocycles. The van der Waals surface area contributed by atoms with Gasteiger partial charge in [0.15, 0.2) is 11.5 Å². The van der Waals surface area contributed by atoms with Crippen LogP contribution in [0, 0.1) is 35.3 Å². The van der Waals surface area contributed by atoms with Gasteiger partial charge in [0.05, 0.1) is 17.7 Å². The lowest BCUT2D eigenvalue weighted by Gasteiger charge is -2.14. The van der Waals surface area contributed by atoms with Crippen LogP contribution >= 0.6 is 0 Å². The number of nitro benzene ring substituents is 1. The van der Waals surface area contributed by atoms with E-state index < -0.39 is 26.5 Å². The lowest BCUT2D eigenvalue weighted by Crippen LogP contribution is -2.15. The average Bonchev–Trinajstić information content (AvgIpc) is 2.84. The highest BCUT2D eigenvalue weighted by molar-refractivity contribution is 7.87. The zero-order valence-electron chi connectivity index (χ0n) is 19.5. The van der Waals surface area contributed by atoms with Gasteiger partial charge in [-0.2, -0.15) is 13.7 Å². The molecule has 0 aliphatic rings. The van der Waals surface area contributed by atoms with E-state index in [2.05, 4.69) is 5.32 Å². The number of nitrogens with one attached hydrogen (secondary N) is 1. The Morgan fingerprint density at radius 2 is 1.81 bits per heavy atom. The number of benzene rings is 3. The number of non-ortho nitro benzene ring substituents is 1. The number of nitrogens with zero attached hydrogens (tertiary/aromatic N) is 2. The Labute approximate surface area is 207 Å². The third-order valence-corrected chi connectivity index (χ3v) is 6.31. The molecule has 0 saturated heterocycles. The number of ether oxygens (including phenoxy) is 1. The van der Waals surface area contributed by atoms with Gasteiger partial charge in [0, 0.05) is 17.7 Å². The minimum atomic E-state index is -4.27. The van der Waals surface area contributed by atoms with Crippen LogP contribution in [0.15, 0.2) is 71.1 Å². The van der Waals surface area contributed by atoms with E-state index in [0.717, 1.165) is 11.6 Å². The second-order valence-electron chi connectivity index (χ2n) is 7.61. The summed E-state index contributed by atoms with van der Waals surface area (Å²) in [5.41, 5.74) is 1.01. The van der Waals surface area contributed by atoms with Gasteiger partial charge < -0.3 is 14.2 Å². The van der Waals surface area contributed by atoms with E-state index in [9.17, 15) is 28.6 Å². The fourth-order valence-electron chi connectivity index (χ4n) is 3.11. The summed E-state index contributed by atoms with van der Waals surface area (Å²) in [5.74, 6) is -1.00. The van der Waals surface area contributed by atoms with Crippen molar-refractivity contribution in [2.75, 3.05) is 12.4 Å². The van der Waals surface area contributed by atoms with Gasteiger partial charge in [0.1, 0.15) is 16.5 Å². The van der Waals surface area contributed by atoms with Gasteiger partial charge in [0.2, 0.25) is 0 Å². The number of hydrogen-bond donors (Lipinski definition) is 1. The lowest BCUT2D eigenvalue weighted by molar-refractivity contribution is -0.384. The maximum atomic E-state index is 12.9. The molecule has 11 heteroatoms. The minimum absolute atomic E-state index is 0.0617. The molecular formula is C25H21N3O7S. The molecule has 184 valence electrons. The largest absolute Gasteiger partial charge is 0.493 e. The molecule has 0 heterocycles. The Bertz CT molecular complexity index is 1510. The molecule has 0 unspecified atom stereocenters. The van der Waals surface area contributed by atoms with Crippen LogP contribution in [0.4, 0.5) is 11.4 Å². The fraction of sp³-hybridized carbons (Fsp3) is 0.120. The highest BCUT2D eigenvalue weighted by Gasteiger charge is 2.22. The summed E-state index contributed by atoms with van der Waals surface area (Å²) in [4.78, 5) is 23.2. The van der Waals surface area contributed by atoms with E-state index in [1.54, 1.807) is 25.1 Å². The predicted molar refractivity (Wildman–Crippen MR) is 132 cm³/mol. The van der Waals surface area contributed by atoms with Crippen LogP contribution in [-0.4, -0.2) is 26.4 Å². The number of rotatable bonds is 8. The molecule has 0 aromatic heterocycles. The first kappa shape index (κ1) is 25.9. The van der Waals surface area contributed by atoms with Crippen molar-refractivity contribution in [2.24, 2.45) is 0 Å². The normalized spacial score (nSPS) is 11.3. The number of amides is 1. The van der Waals surface area contributed by atoms with Gasteiger partial charge in [-0.15, -0.1) is 0 Å².